The van der Waals surface area contributed by atoms with Crippen LogP contribution in [0.5, 0.6) is 11.5 Å². The maximum Gasteiger partial charge on any atom is 0.187 e. The minimum absolute atomic E-state index is 0.434. The van der Waals surface area contributed by atoms with Crippen molar-refractivity contribution in [3.8, 4) is 17.6 Å². The fourth-order valence-electron chi connectivity index (χ4n) is 2.70. The monoisotopic (exact) mass is 367 g/mol. The standard InChI is InChI=1S/C20H18ClN3O2/c1-3-25-17-9-8-16-18(24-15-7-5-6-14(21)10-15)13(11-22)12-23-19(16)20(17)26-4-2/h5-10,12H,3-4H2,1-2H3,(H,23,24). The fourth-order valence-corrected chi connectivity index (χ4v) is 2.89. The van der Waals surface area contributed by atoms with Crippen LogP contribution in [0.2, 0.25) is 5.02 Å². The second-order valence-electron chi connectivity index (χ2n) is 5.45. The van der Waals surface area contributed by atoms with Crippen molar-refractivity contribution in [2.24, 2.45) is 0 Å². The minimum Gasteiger partial charge on any atom is -0.490 e. The van der Waals surface area contributed by atoms with Gasteiger partial charge in [0.25, 0.3) is 0 Å². The van der Waals surface area contributed by atoms with Gasteiger partial charge in [0.15, 0.2) is 11.5 Å². The summed E-state index contributed by atoms with van der Waals surface area (Å²) in [4.78, 5) is 4.44. The highest BCUT2D eigenvalue weighted by Gasteiger charge is 2.17. The molecule has 0 radical (unpaired) electrons. The number of nitrogens with one attached hydrogen (secondary N) is 1. The molecule has 0 fully saturated rings. The maximum absolute atomic E-state index is 9.51. The van der Waals surface area contributed by atoms with Gasteiger partial charge in [0, 0.05) is 22.3 Å². The van der Waals surface area contributed by atoms with Gasteiger partial charge in [-0.2, -0.15) is 5.26 Å². The summed E-state index contributed by atoms with van der Waals surface area (Å²) in [6.07, 6.45) is 1.54. The number of hydrogen-bond acceptors (Lipinski definition) is 5. The van der Waals surface area contributed by atoms with Gasteiger partial charge in [-0.1, -0.05) is 17.7 Å². The Kier molecular flexibility index (Phi) is 5.45. The van der Waals surface area contributed by atoms with Gasteiger partial charge in [-0.25, -0.2) is 0 Å². The Morgan fingerprint density at radius 1 is 1.15 bits per heavy atom. The van der Waals surface area contributed by atoms with Crippen LogP contribution in [0.1, 0.15) is 19.4 Å². The Bertz CT molecular complexity index is 983. The predicted molar refractivity (Wildman–Crippen MR) is 104 cm³/mol. The Morgan fingerprint density at radius 3 is 2.65 bits per heavy atom. The van der Waals surface area contributed by atoms with Gasteiger partial charge in [-0.15, -0.1) is 0 Å². The van der Waals surface area contributed by atoms with Crippen molar-refractivity contribution >= 4 is 33.9 Å². The molecule has 6 heteroatoms. The molecule has 3 aromatic rings. The van der Waals surface area contributed by atoms with Crippen molar-refractivity contribution in [1.29, 1.82) is 5.26 Å². The van der Waals surface area contributed by atoms with Crippen molar-refractivity contribution in [2.45, 2.75) is 13.8 Å². The quantitative estimate of drug-likeness (QED) is 0.640. The Balaban J connectivity index is 2.20. The molecule has 1 heterocycles. The van der Waals surface area contributed by atoms with Gasteiger partial charge in [-0.3, -0.25) is 4.98 Å². The van der Waals surface area contributed by atoms with E-state index in [9.17, 15) is 5.26 Å². The number of hydrogen-bond donors (Lipinski definition) is 1. The molecule has 2 aromatic carbocycles. The third-order valence-electron chi connectivity index (χ3n) is 3.76. The number of aromatic nitrogens is 1. The SMILES string of the molecule is CCOc1ccc2c(Nc3cccc(Cl)c3)c(C#N)cnc2c1OCC. The van der Waals surface area contributed by atoms with Gasteiger partial charge in [0.05, 0.1) is 24.5 Å². The van der Waals surface area contributed by atoms with Crippen LogP contribution in [0.3, 0.4) is 0 Å². The lowest BCUT2D eigenvalue weighted by Gasteiger charge is -2.16. The molecule has 0 aliphatic carbocycles. The molecule has 1 N–H and O–H groups in total. The highest BCUT2D eigenvalue weighted by molar-refractivity contribution is 6.30. The van der Waals surface area contributed by atoms with Crippen molar-refractivity contribution in [2.75, 3.05) is 18.5 Å². The average Bonchev–Trinajstić information content (AvgIpc) is 2.64. The first-order valence-electron chi connectivity index (χ1n) is 8.31. The van der Waals surface area contributed by atoms with Crippen LogP contribution in [0.15, 0.2) is 42.6 Å². The number of ether oxygens (including phenoxy) is 2. The molecular weight excluding hydrogens is 350 g/mol. The summed E-state index contributed by atoms with van der Waals surface area (Å²) in [5.74, 6) is 1.21. The number of benzene rings is 2. The third-order valence-corrected chi connectivity index (χ3v) is 3.99. The molecule has 0 unspecified atom stereocenters. The smallest absolute Gasteiger partial charge is 0.187 e. The number of rotatable bonds is 6. The molecule has 3 rings (SSSR count). The summed E-state index contributed by atoms with van der Waals surface area (Å²) in [5, 5.41) is 14.2. The van der Waals surface area contributed by atoms with Gasteiger partial charge in [0.2, 0.25) is 0 Å². The van der Waals surface area contributed by atoms with E-state index >= 15 is 0 Å². The summed E-state index contributed by atoms with van der Waals surface area (Å²) >= 11 is 6.07. The molecule has 0 aliphatic rings. The molecule has 1 aromatic heterocycles. The molecule has 0 bridgehead atoms. The summed E-state index contributed by atoms with van der Waals surface area (Å²) in [6.45, 7) is 4.83. The van der Waals surface area contributed by atoms with E-state index in [4.69, 9.17) is 21.1 Å². The van der Waals surface area contributed by atoms with Crippen LogP contribution in [-0.4, -0.2) is 18.2 Å². The van der Waals surface area contributed by atoms with Crippen molar-refractivity contribution in [1.82, 2.24) is 4.98 Å². The minimum atomic E-state index is 0.434. The normalized spacial score (nSPS) is 10.4. The second kappa shape index (κ2) is 7.94. The van der Waals surface area contributed by atoms with E-state index in [2.05, 4.69) is 16.4 Å². The van der Waals surface area contributed by atoms with Gasteiger partial charge < -0.3 is 14.8 Å². The number of pyridine rings is 1. The first kappa shape index (κ1) is 17.8. The first-order chi connectivity index (χ1) is 12.7. The van der Waals surface area contributed by atoms with Crippen LogP contribution in [0, 0.1) is 11.3 Å². The van der Waals surface area contributed by atoms with Gasteiger partial charge >= 0.3 is 0 Å². The topological polar surface area (TPSA) is 67.2 Å². The van der Waals surface area contributed by atoms with Crippen LogP contribution < -0.4 is 14.8 Å². The molecule has 0 amide bonds. The summed E-state index contributed by atoms with van der Waals surface area (Å²) in [6, 6.07) is 13.2. The zero-order chi connectivity index (χ0) is 18.5. The van der Waals surface area contributed by atoms with Crippen LogP contribution >= 0.6 is 11.6 Å². The summed E-state index contributed by atoms with van der Waals surface area (Å²) in [7, 11) is 0. The number of nitriles is 1. The first-order valence-corrected chi connectivity index (χ1v) is 8.69. The molecule has 0 saturated heterocycles. The van der Waals surface area contributed by atoms with E-state index < -0.39 is 0 Å². The Morgan fingerprint density at radius 2 is 1.96 bits per heavy atom. The fraction of sp³-hybridized carbons (Fsp3) is 0.200. The van der Waals surface area contributed by atoms with Crippen molar-refractivity contribution in [3.63, 3.8) is 0 Å². The van der Waals surface area contributed by atoms with E-state index in [1.807, 2.05) is 38.1 Å². The number of nitrogens with zero attached hydrogens (tertiary/aromatic N) is 2. The largest absolute Gasteiger partial charge is 0.490 e. The lowest BCUT2D eigenvalue weighted by atomic mass is 10.1. The lowest BCUT2D eigenvalue weighted by Crippen LogP contribution is -2.02. The number of anilines is 2. The molecule has 5 nitrogen and oxygen atoms in total. The zero-order valence-electron chi connectivity index (χ0n) is 14.5. The van der Waals surface area contributed by atoms with Crippen LogP contribution in [0.25, 0.3) is 10.9 Å². The molecule has 0 spiro atoms. The summed E-state index contributed by atoms with van der Waals surface area (Å²) in [5.41, 5.74) is 2.52. The van der Waals surface area contributed by atoms with Crippen molar-refractivity contribution in [3.05, 3.63) is 53.2 Å². The zero-order valence-corrected chi connectivity index (χ0v) is 15.3. The molecule has 0 saturated carbocycles. The molecular formula is C20H18ClN3O2. The van der Waals surface area contributed by atoms with Crippen LogP contribution in [0.4, 0.5) is 11.4 Å². The highest BCUT2D eigenvalue weighted by atomic mass is 35.5. The Hall–Kier alpha value is -2.97. The highest BCUT2D eigenvalue weighted by Crippen LogP contribution is 2.39. The number of fused-ring (bicyclic) bond motifs is 1. The average molecular weight is 368 g/mol. The molecule has 0 atom stereocenters. The van der Waals surface area contributed by atoms with Crippen molar-refractivity contribution < 1.29 is 9.47 Å². The van der Waals surface area contributed by atoms with Gasteiger partial charge in [-0.05, 0) is 44.2 Å². The molecule has 26 heavy (non-hydrogen) atoms. The van der Waals surface area contributed by atoms with Gasteiger partial charge in [0.1, 0.15) is 11.6 Å². The molecule has 132 valence electrons. The van der Waals surface area contributed by atoms with E-state index in [0.717, 1.165) is 11.1 Å². The van der Waals surface area contributed by atoms with E-state index in [0.29, 0.717) is 46.5 Å². The lowest BCUT2D eigenvalue weighted by molar-refractivity contribution is 0.290. The number of halogens is 1. The maximum atomic E-state index is 9.51. The molecule has 0 aliphatic heterocycles. The van der Waals surface area contributed by atoms with E-state index in [-0.39, 0.29) is 0 Å². The Labute approximate surface area is 157 Å². The van der Waals surface area contributed by atoms with E-state index in [1.165, 1.54) is 6.20 Å². The third kappa shape index (κ3) is 3.51. The van der Waals surface area contributed by atoms with Crippen LogP contribution in [-0.2, 0) is 0 Å². The summed E-state index contributed by atoms with van der Waals surface area (Å²) < 4.78 is 11.4. The predicted octanol–water partition coefficient (Wildman–Crippen LogP) is 5.30. The second-order valence-corrected chi connectivity index (χ2v) is 5.89. The van der Waals surface area contributed by atoms with E-state index in [1.54, 1.807) is 12.1 Å².